The molecule has 5 rings (SSSR count). The van der Waals surface area contributed by atoms with Gasteiger partial charge in [-0.2, -0.15) is 0 Å². The van der Waals surface area contributed by atoms with E-state index < -0.39 is 0 Å². The fourth-order valence-corrected chi connectivity index (χ4v) is 5.22. The van der Waals surface area contributed by atoms with Gasteiger partial charge in [0.15, 0.2) is 16.7 Å². The van der Waals surface area contributed by atoms with Crippen molar-refractivity contribution in [3.05, 3.63) is 80.4 Å². The van der Waals surface area contributed by atoms with Crippen LogP contribution >= 0.6 is 34.7 Å². The molecule has 5 nitrogen and oxygen atoms in total. The number of rotatable bonds is 5. The number of halogens is 1. The van der Waals surface area contributed by atoms with Gasteiger partial charge in [-0.25, -0.2) is 4.98 Å². The Hall–Kier alpha value is -2.48. The second-order valence-electron chi connectivity index (χ2n) is 6.49. The van der Waals surface area contributed by atoms with Crippen molar-refractivity contribution in [2.45, 2.75) is 17.5 Å². The van der Waals surface area contributed by atoms with Gasteiger partial charge in [0.05, 0.1) is 12.1 Å². The first-order valence-corrected chi connectivity index (χ1v) is 11.2. The predicted octanol–water partition coefficient (Wildman–Crippen LogP) is 5.18. The topological polar surface area (TPSA) is 53.4 Å². The quantitative estimate of drug-likeness (QED) is 0.315. The summed E-state index contributed by atoms with van der Waals surface area (Å²) < 4.78 is 13.2. The summed E-state index contributed by atoms with van der Waals surface area (Å²) in [6, 6.07) is 15.3. The zero-order valence-corrected chi connectivity index (χ0v) is 17.5. The summed E-state index contributed by atoms with van der Waals surface area (Å²) in [6.07, 6.45) is 0. The number of aromatic nitrogens is 2. The number of thiophene rings is 1. The van der Waals surface area contributed by atoms with Crippen LogP contribution in [-0.4, -0.2) is 16.3 Å². The third-order valence-corrected chi connectivity index (χ3v) is 6.91. The van der Waals surface area contributed by atoms with Gasteiger partial charge in [0, 0.05) is 10.8 Å². The van der Waals surface area contributed by atoms with Crippen molar-refractivity contribution in [1.29, 1.82) is 0 Å². The first-order chi connectivity index (χ1) is 14.2. The van der Waals surface area contributed by atoms with Gasteiger partial charge in [0.1, 0.15) is 4.70 Å². The minimum absolute atomic E-state index is 0.0377. The molecule has 2 aromatic heterocycles. The van der Waals surface area contributed by atoms with Crippen LogP contribution in [0.25, 0.3) is 10.2 Å². The molecular weight excluding hydrogens is 428 g/mol. The van der Waals surface area contributed by atoms with Crippen molar-refractivity contribution >= 4 is 44.9 Å². The third kappa shape index (κ3) is 3.61. The average Bonchev–Trinajstić information content (AvgIpc) is 3.38. The Bertz CT molecular complexity index is 1270. The third-order valence-electron chi connectivity index (χ3n) is 4.62. The zero-order valence-electron chi connectivity index (χ0n) is 15.1. The van der Waals surface area contributed by atoms with E-state index in [0.717, 1.165) is 22.4 Å². The van der Waals surface area contributed by atoms with E-state index in [9.17, 15) is 4.79 Å². The molecule has 0 amide bonds. The van der Waals surface area contributed by atoms with Crippen LogP contribution in [0.15, 0.2) is 63.9 Å². The van der Waals surface area contributed by atoms with Crippen LogP contribution in [0.3, 0.4) is 0 Å². The van der Waals surface area contributed by atoms with Crippen molar-refractivity contribution in [3.8, 4) is 11.5 Å². The van der Waals surface area contributed by atoms with Crippen LogP contribution in [0.2, 0.25) is 5.02 Å². The number of hydrogen-bond donors (Lipinski definition) is 0. The largest absolute Gasteiger partial charge is 0.454 e. The van der Waals surface area contributed by atoms with E-state index in [1.807, 2.05) is 53.9 Å². The summed E-state index contributed by atoms with van der Waals surface area (Å²) in [6.45, 7) is 0.627. The molecule has 0 N–H and O–H groups in total. The van der Waals surface area contributed by atoms with E-state index >= 15 is 0 Å². The van der Waals surface area contributed by atoms with Crippen molar-refractivity contribution in [2.24, 2.45) is 0 Å². The van der Waals surface area contributed by atoms with Crippen LogP contribution in [0, 0.1) is 0 Å². The van der Waals surface area contributed by atoms with Crippen LogP contribution in [0.5, 0.6) is 11.5 Å². The van der Waals surface area contributed by atoms with Crippen molar-refractivity contribution in [3.63, 3.8) is 0 Å². The lowest BCUT2D eigenvalue weighted by Gasteiger charge is -2.13. The van der Waals surface area contributed by atoms with Gasteiger partial charge in [-0.05, 0) is 40.8 Å². The predicted molar refractivity (Wildman–Crippen MR) is 117 cm³/mol. The number of fused-ring (bicyclic) bond motifs is 2. The van der Waals surface area contributed by atoms with Gasteiger partial charge < -0.3 is 9.47 Å². The highest BCUT2D eigenvalue weighted by Crippen LogP contribution is 2.33. The van der Waals surface area contributed by atoms with Crippen LogP contribution < -0.4 is 15.0 Å². The Morgan fingerprint density at radius 3 is 2.90 bits per heavy atom. The fourth-order valence-electron chi connectivity index (χ4n) is 3.15. The second kappa shape index (κ2) is 7.74. The van der Waals surface area contributed by atoms with Gasteiger partial charge in [-0.1, -0.05) is 47.6 Å². The summed E-state index contributed by atoms with van der Waals surface area (Å²) in [5.74, 6) is 2.05. The highest BCUT2D eigenvalue weighted by Gasteiger charge is 2.17. The standard InChI is InChI=1S/C21H15ClN2O3S2/c22-15-4-2-1-3-14(15)11-29-21-23-16-7-8-28-19(16)20(25)24(21)10-13-5-6-17-18(9-13)27-12-26-17/h1-9H,10-12H2. The smallest absolute Gasteiger partial charge is 0.272 e. The van der Waals surface area contributed by atoms with E-state index in [2.05, 4.69) is 0 Å². The fraction of sp³-hybridized carbons (Fsp3) is 0.143. The van der Waals surface area contributed by atoms with Crippen molar-refractivity contribution in [1.82, 2.24) is 9.55 Å². The molecule has 0 saturated carbocycles. The number of hydrogen-bond acceptors (Lipinski definition) is 6. The Morgan fingerprint density at radius 1 is 1.14 bits per heavy atom. The molecule has 4 aromatic rings. The first-order valence-electron chi connectivity index (χ1n) is 8.92. The number of benzene rings is 2. The molecule has 0 atom stereocenters. The minimum atomic E-state index is -0.0377. The summed E-state index contributed by atoms with van der Waals surface area (Å²) in [5, 5.41) is 3.27. The second-order valence-corrected chi connectivity index (χ2v) is 8.75. The van der Waals surface area contributed by atoms with E-state index in [4.69, 9.17) is 26.1 Å². The molecule has 1 aliphatic rings. The minimum Gasteiger partial charge on any atom is -0.454 e. The molecule has 0 radical (unpaired) electrons. The van der Waals surface area contributed by atoms with Crippen molar-refractivity contribution < 1.29 is 9.47 Å². The summed E-state index contributed by atoms with van der Waals surface area (Å²) in [5.41, 5.74) is 2.65. The molecule has 0 aliphatic carbocycles. The molecule has 0 spiro atoms. The molecular formula is C21H15ClN2O3S2. The van der Waals surface area contributed by atoms with Gasteiger partial charge in [0.25, 0.3) is 5.56 Å². The van der Waals surface area contributed by atoms with Gasteiger partial charge in [0.2, 0.25) is 6.79 Å². The van der Waals surface area contributed by atoms with Crippen LogP contribution in [0.1, 0.15) is 11.1 Å². The van der Waals surface area contributed by atoms with E-state index in [1.165, 1.54) is 23.1 Å². The maximum atomic E-state index is 13.2. The monoisotopic (exact) mass is 442 g/mol. The number of nitrogens with zero attached hydrogens (tertiary/aromatic N) is 2. The van der Waals surface area contributed by atoms with E-state index in [0.29, 0.717) is 32.9 Å². The van der Waals surface area contributed by atoms with E-state index in [-0.39, 0.29) is 12.4 Å². The molecule has 29 heavy (non-hydrogen) atoms. The SMILES string of the molecule is O=c1c2sccc2nc(SCc2ccccc2Cl)n1Cc1ccc2c(c1)OCO2. The van der Waals surface area contributed by atoms with Gasteiger partial charge >= 0.3 is 0 Å². The lowest BCUT2D eigenvalue weighted by atomic mass is 10.2. The first kappa shape index (κ1) is 18.5. The molecule has 0 fully saturated rings. The summed E-state index contributed by atoms with van der Waals surface area (Å²) in [4.78, 5) is 17.9. The highest BCUT2D eigenvalue weighted by molar-refractivity contribution is 7.98. The number of ether oxygens (including phenoxy) is 2. The maximum Gasteiger partial charge on any atom is 0.272 e. The molecule has 0 unspecified atom stereocenters. The summed E-state index contributed by atoms with van der Waals surface area (Å²) in [7, 11) is 0. The molecule has 2 aromatic carbocycles. The number of thioether (sulfide) groups is 1. The average molecular weight is 443 g/mol. The molecule has 0 saturated heterocycles. The Balaban J connectivity index is 1.52. The van der Waals surface area contributed by atoms with Gasteiger partial charge in [-0.15, -0.1) is 11.3 Å². The van der Waals surface area contributed by atoms with Crippen molar-refractivity contribution in [2.75, 3.05) is 6.79 Å². The highest BCUT2D eigenvalue weighted by atomic mass is 35.5. The molecule has 0 bridgehead atoms. The van der Waals surface area contributed by atoms with Gasteiger partial charge in [-0.3, -0.25) is 9.36 Å². The lowest BCUT2D eigenvalue weighted by Crippen LogP contribution is -2.23. The Kier molecular flexibility index (Phi) is 4.95. The van der Waals surface area contributed by atoms with Crippen LogP contribution in [0.4, 0.5) is 0 Å². The lowest BCUT2D eigenvalue weighted by molar-refractivity contribution is 0.174. The zero-order chi connectivity index (χ0) is 19.8. The maximum absolute atomic E-state index is 13.2. The normalized spacial score (nSPS) is 12.6. The Labute approximate surface area is 179 Å². The Morgan fingerprint density at radius 2 is 2.00 bits per heavy atom. The summed E-state index contributed by atoms with van der Waals surface area (Å²) >= 11 is 9.22. The molecule has 3 heterocycles. The van der Waals surface area contributed by atoms with E-state index in [1.54, 1.807) is 4.57 Å². The molecule has 1 aliphatic heterocycles. The molecule has 8 heteroatoms. The molecule has 146 valence electrons. The van der Waals surface area contributed by atoms with Crippen LogP contribution in [-0.2, 0) is 12.3 Å².